The van der Waals surface area contributed by atoms with E-state index in [2.05, 4.69) is 10.3 Å². The third kappa shape index (κ3) is 5.53. The van der Waals surface area contributed by atoms with Gasteiger partial charge < -0.3 is 14.8 Å². The van der Waals surface area contributed by atoms with Crippen molar-refractivity contribution < 1.29 is 14.3 Å². The highest BCUT2D eigenvalue weighted by Gasteiger charge is 2.10. The molecule has 0 radical (unpaired) electrons. The number of hydrogen-bond acceptors (Lipinski definition) is 5. The summed E-state index contributed by atoms with van der Waals surface area (Å²) in [5, 5.41) is 3.29. The van der Waals surface area contributed by atoms with Crippen LogP contribution in [0.5, 0.6) is 11.5 Å². The number of aryl methyl sites for hydroxylation is 1. The first-order valence-corrected chi connectivity index (χ1v) is 10.4. The van der Waals surface area contributed by atoms with Gasteiger partial charge in [0.15, 0.2) is 11.5 Å². The molecule has 3 aromatic rings. The van der Waals surface area contributed by atoms with Crippen LogP contribution in [0, 0.1) is 0 Å². The number of aromatic amines is 1. The predicted octanol–water partition coefficient (Wildman–Crippen LogP) is 2.24. The number of hydrogen-bond donors (Lipinski definition) is 2. The Morgan fingerprint density at radius 2 is 1.77 bits per heavy atom. The number of H-pyrrole nitrogens is 1. The van der Waals surface area contributed by atoms with Crippen molar-refractivity contribution in [2.24, 2.45) is 0 Å². The van der Waals surface area contributed by atoms with Gasteiger partial charge in [0, 0.05) is 19.5 Å². The highest BCUT2D eigenvalue weighted by atomic mass is 16.5. The lowest BCUT2D eigenvalue weighted by Gasteiger charge is -2.13. The standard InChI is InChI=1S/C23H27N3O5/c1-3-30-19-10-9-16(15-20(19)31-4-2)11-13-24-21(27)12-14-26-18-8-6-5-7-17(18)22(28)25-23(26)29/h5-10,15H,3-4,11-14H2,1-2H3,(H,24,27)(H,25,28,29). The maximum Gasteiger partial charge on any atom is 0.328 e. The van der Waals surface area contributed by atoms with E-state index in [4.69, 9.17) is 9.47 Å². The van der Waals surface area contributed by atoms with Gasteiger partial charge in [0.05, 0.1) is 24.1 Å². The Labute approximate surface area is 179 Å². The van der Waals surface area contributed by atoms with Crippen molar-refractivity contribution in [2.45, 2.75) is 33.2 Å². The van der Waals surface area contributed by atoms with E-state index in [9.17, 15) is 14.4 Å². The lowest BCUT2D eigenvalue weighted by atomic mass is 10.1. The number of benzene rings is 2. The Hall–Kier alpha value is -3.55. The number of ether oxygens (including phenoxy) is 2. The molecule has 31 heavy (non-hydrogen) atoms. The third-order valence-electron chi connectivity index (χ3n) is 4.81. The zero-order chi connectivity index (χ0) is 22.2. The monoisotopic (exact) mass is 425 g/mol. The first kappa shape index (κ1) is 22.1. The zero-order valence-corrected chi connectivity index (χ0v) is 17.8. The largest absolute Gasteiger partial charge is 0.490 e. The van der Waals surface area contributed by atoms with E-state index >= 15 is 0 Å². The van der Waals surface area contributed by atoms with Crippen LogP contribution in [0.15, 0.2) is 52.1 Å². The number of carbonyl (C=O) groups excluding carboxylic acids is 1. The molecule has 0 saturated heterocycles. The van der Waals surface area contributed by atoms with E-state index in [0.717, 1.165) is 5.56 Å². The number of carbonyl (C=O) groups is 1. The lowest BCUT2D eigenvalue weighted by Crippen LogP contribution is -2.33. The molecule has 0 aliphatic carbocycles. The van der Waals surface area contributed by atoms with Crippen LogP contribution in [0.1, 0.15) is 25.8 Å². The quantitative estimate of drug-likeness (QED) is 0.519. The number of amides is 1. The van der Waals surface area contributed by atoms with Crippen LogP contribution in [0.25, 0.3) is 10.9 Å². The fraction of sp³-hybridized carbons (Fsp3) is 0.348. The van der Waals surface area contributed by atoms with Crippen LogP contribution in [-0.2, 0) is 17.8 Å². The van der Waals surface area contributed by atoms with Crippen LogP contribution in [-0.4, -0.2) is 35.2 Å². The summed E-state index contributed by atoms with van der Waals surface area (Å²) >= 11 is 0. The van der Waals surface area contributed by atoms with Crippen molar-refractivity contribution in [1.29, 1.82) is 0 Å². The Balaban J connectivity index is 1.57. The summed E-state index contributed by atoms with van der Waals surface area (Å²) in [6.45, 7) is 5.57. The zero-order valence-electron chi connectivity index (χ0n) is 17.8. The van der Waals surface area contributed by atoms with E-state index in [-0.39, 0.29) is 18.9 Å². The minimum atomic E-state index is -0.519. The van der Waals surface area contributed by atoms with Crippen molar-refractivity contribution in [3.8, 4) is 11.5 Å². The number of para-hydroxylation sites is 1. The number of fused-ring (bicyclic) bond motifs is 1. The van der Waals surface area contributed by atoms with Gasteiger partial charge in [-0.25, -0.2) is 4.79 Å². The van der Waals surface area contributed by atoms with Gasteiger partial charge in [-0.15, -0.1) is 0 Å². The van der Waals surface area contributed by atoms with Gasteiger partial charge in [-0.05, 0) is 50.1 Å². The molecule has 1 heterocycles. The summed E-state index contributed by atoms with van der Waals surface area (Å²) in [5.74, 6) is 1.23. The van der Waals surface area contributed by atoms with Gasteiger partial charge in [0.25, 0.3) is 5.56 Å². The summed E-state index contributed by atoms with van der Waals surface area (Å²) in [5.41, 5.74) is 0.592. The summed E-state index contributed by atoms with van der Waals surface area (Å²) in [6, 6.07) is 12.6. The fourth-order valence-corrected chi connectivity index (χ4v) is 3.36. The van der Waals surface area contributed by atoms with Gasteiger partial charge >= 0.3 is 5.69 Å². The molecule has 0 spiro atoms. The second kappa shape index (κ2) is 10.5. The summed E-state index contributed by atoms with van der Waals surface area (Å²) in [7, 11) is 0. The van der Waals surface area contributed by atoms with Crippen LogP contribution >= 0.6 is 0 Å². The Morgan fingerprint density at radius 3 is 2.55 bits per heavy atom. The molecule has 0 aliphatic rings. The average molecular weight is 425 g/mol. The van der Waals surface area contributed by atoms with Gasteiger partial charge in [-0.2, -0.15) is 0 Å². The van der Waals surface area contributed by atoms with Crippen molar-refractivity contribution in [1.82, 2.24) is 14.9 Å². The Bertz CT molecular complexity index is 1170. The highest BCUT2D eigenvalue weighted by molar-refractivity contribution is 5.78. The number of aromatic nitrogens is 2. The third-order valence-corrected chi connectivity index (χ3v) is 4.81. The number of nitrogens with one attached hydrogen (secondary N) is 2. The number of nitrogens with zero attached hydrogens (tertiary/aromatic N) is 1. The number of rotatable bonds is 10. The van der Waals surface area contributed by atoms with Gasteiger partial charge in [0.1, 0.15) is 0 Å². The van der Waals surface area contributed by atoms with Crippen LogP contribution in [0.2, 0.25) is 0 Å². The molecule has 0 saturated carbocycles. The Kier molecular flexibility index (Phi) is 7.48. The molecule has 2 N–H and O–H groups in total. The van der Waals surface area contributed by atoms with E-state index in [1.165, 1.54) is 4.57 Å². The van der Waals surface area contributed by atoms with Gasteiger partial charge in [-0.3, -0.25) is 19.1 Å². The van der Waals surface area contributed by atoms with Gasteiger partial charge in [0.2, 0.25) is 5.91 Å². The van der Waals surface area contributed by atoms with E-state index in [0.29, 0.717) is 48.6 Å². The fourth-order valence-electron chi connectivity index (χ4n) is 3.36. The highest BCUT2D eigenvalue weighted by Crippen LogP contribution is 2.28. The molecule has 3 rings (SSSR count). The SMILES string of the molecule is CCOc1ccc(CCNC(=O)CCn2c(=O)[nH]c(=O)c3ccccc32)cc1OCC. The molecule has 0 bridgehead atoms. The molecule has 0 aliphatic heterocycles. The molecule has 0 unspecified atom stereocenters. The molecule has 1 aromatic heterocycles. The van der Waals surface area contributed by atoms with E-state index in [1.807, 2.05) is 32.0 Å². The van der Waals surface area contributed by atoms with Crippen molar-refractivity contribution >= 4 is 16.8 Å². The lowest BCUT2D eigenvalue weighted by molar-refractivity contribution is -0.121. The molecule has 164 valence electrons. The van der Waals surface area contributed by atoms with Crippen molar-refractivity contribution in [3.05, 3.63) is 68.9 Å². The summed E-state index contributed by atoms with van der Waals surface area (Å²) in [4.78, 5) is 38.7. The average Bonchev–Trinajstić information content (AvgIpc) is 2.75. The first-order valence-electron chi connectivity index (χ1n) is 10.4. The Morgan fingerprint density at radius 1 is 1.03 bits per heavy atom. The summed E-state index contributed by atoms with van der Waals surface area (Å²) < 4.78 is 12.6. The molecule has 0 atom stereocenters. The van der Waals surface area contributed by atoms with Crippen LogP contribution in [0.4, 0.5) is 0 Å². The molecular weight excluding hydrogens is 398 g/mol. The minimum absolute atomic E-state index is 0.128. The molecule has 8 heteroatoms. The molecular formula is C23H27N3O5. The van der Waals surface area contributed by atoms with Crippen molar-refractivity contribution in [2.75, 3.05) is 19.8 Å². The second-order valence-electron chi connectivity index (χ2n) is 6.93. The van der Waals surface area contributed by atoms with Crippen molar-refractivity contribution in [3.63, 3.8) is 0 Å². The normalized spacial score (nSPS) is 10.8. The smallest absolute Gasteiger partial charge is 0.328 e. The molecule has 8 nitrogen and oxygen atoms in total. The second-order valence-corrected chi connectivity index (χ2v) is 6.93. The predicted molar refractivity (Wildman–Crippen MR) is 119 cm³/mol. The molecule has 2 aromatic carbocycles. The van der Waals surface area contributed by atoms with Gasteiger partial charge in [-0.1, -0.05) is 18.2 Å². The minimum Gasteiger partial charge on any atom is -0.490 e. The molecule has 0 fully saturated rings. The first-order chi connectivity index (χ1) is 15.0. The maximum absolute atomic E-state index is 12.3. The topological polar surface area (TPSA) is 102 Å². The molecule has 1 amide bonds. The van der Waals surface area contributed by atoms with Crippen LogP contribution in [0.3, 0.4) is 0 Å². The maximum atomic E-state index is 12.3. The van der Waals surface area contributed by atoms with Crippen LogP contribution < -0.4 is 26.0 Å². The summed E-state index contributed by atoms with van der Waals surface area (Å²) in [6.07, 6.45) is 0.767. The van der Waals surface area contributed by atoms with E-state index in [1.54, 1.807) is 24.3 Å². The van der Waals surface area contributed by atoms with E-state index < -0.39 is 11.2 Å².